The lowest BCUT2D eigenvalue weighted by atomic mass is 10.1. The lowest BCUT2D eigenvalue weighted by molar-refractivity contribution is 0.669. The second-order valence-electron chi connectivity index (χ2n) is 4.84. The number of nitrogens with zero attached hydrogens (tertiary/aromatic N) is 2. The average Bonchev–Trinajstić information content (AvgIpc) is 3.09. The molecule has 1 saturated carbocycles. The van der Waals surface area contributed by atoms with Crippen LogP contribution >= 0.6 is 0 Å². The van der Waals surface area contributed by atoms with Gasteiger partial charge in [0.1, 0.15) is 5.82 Å². The normalized spacial score (nSPS) is 15.8. The third kappa shape index (κ3) is 2.79. The van der Waals surface area contributed by atoms with Gasteiger partial charge in [-0.05, 0) is 31.4 Å². The maximum absolute atomic E-state index is 4.64. The van der Waals surface area contributed by atoms with Gasteiger partial charge in [-0.2, -0.15) is 0 Å². The van der Waals surface area contributed by atoms with Gasteiger partial charge in [0.05, 0.1) is 6.54 Å². The van der Waals surface area contributed by atoms with Crippen LogP contribution in [0.3, 0.4) is 0 Å². The Morgan fingerprint density at radius 2 is 2.12 bits per heavy atom. The van der Waals surface area contributed by atoms with E-state index in [-0.39, 0.29) is 0 Å². The molecule has 1 aliphatic carbocycles. The number of nitrogens with one attached hydrogen (secondary N) is 1. The molecule has 0 saturated heterocycles. The molecule has 0 unspecified atom stereocenters. The Balaban J connectivity index is 2.21. The van der Waals surface area contributed by atoms with Crippen molar-refractivity contribution in [2.75, 3.05) is 6.54 Å². The fraction of sp³-hybridized carbons (Fsp3) is 0.692. The van der Waals surface area contributed by atoms with E-state index < -0.39 is 0 Å². The maximum Gasteiger partial charge on any atom is 0.142 e. The van der Waals surface area contributed by atoms with Crippen LogP contribution in [-0.4, -0.2) is 16.5 Å². The Bertz CT molecular complexity index is 336. The fourth-order valence-corrected chi connectivity index (χ4v) is 1.74. The Hall–Kier alpha value is -0.960. The minimum atomic E-state index is 0.487. The standard InChI is InChI=1S/C13H21N3/c1-4-14-8-13-15-11(9(2)3)7-12(16-13)10-5-6-10/h7,9-10,14H,4-6,8H2,1-3H3. The smallest absolute Gasteiger partial charge is 0.142 e. The van der Waals surface area contributed by atoms with Crippen LogP contribution in [0.1, 0.15) is 62.7 Å². The molecule has 1 aromatic rings. The van der Waals surface area contributed by atoms with Crippen LogP contribution in [0.25, 0.3) is 0 Å². The van der Waals surface area contributed by atoms with Crippen LogP contribution in [-0.2, 0) is 6.54 Å². The highest BCUT2D eigenvalue weighted by Gasteiger charge is 2.26. The Morgan fingerprint density at radius 3 is 2.69 bits per heavy atom. The highest BCUT2D eigenvalue weighted by atomic mass is 15.0. The molecule has 3 heteroatoms. The second-order valence-corrected chi connectivity index (χ2v) is 4.84. The van der Waals surface area contributed by atoms with Crippen LogP contribution in [0.2, 0.25) is 0 Å². The first-order valence-corrected chi connectivity index (χ1v) is 6.29. The molecule has 2 rings (SSSR count). The fourth-order valence-electron chi connectivity index (χ4n) is 1.74. The predicted octanol–water partition coefficient (Wildman–Crippen LogP) is 2.59. The first kappa shape index (κ1) is 11.5. The molecule has 0 aromatic carbocycles. The molecule has 1 heterocycles. The maximum atomic E-state index is 4.64. The first-order valence-electron chi connectivity index (χ1n) is 6.29. The van der Waals surface area contributed by atoms with E-state index in [1.54, 1.807) is 0 Å². The van der Waals surface area contributed by atoms with E-state index in [0.29, 0.717) is 11.8 Å². The van der Waals surface area contributed by atoms with Gasteiger partial charge in [-0.3, -0.25) is 0 Å². The monoisotopic (exact) mass is 219 g/mol. The summed E-state index contributed by atoms with van der Waals surface area (Å²) < 4.78 is 0. The number of aromatic nitrogens is 2. The molecule has 3 nitrogen and oxygen atoms in total. The number of rotatable bonds is 5. The molecule has 0 spiro atoms. The van der Waals surface area contributed by atoms with Crippen LogP contribution < -0.4 is 5.32 Å². The van der Waals surface area contributed by atoms with Gasteiger partial charge in [0.25, 0.3) is 0 Å². The van der Waals surface area contributed by atoms with Crippen molar-refractivity contribution in [3.05, 3.63) is 23.3 Å². The van der Waals surface area contributed by atoms with Gasteiger partial charge >= 0.3 is 0 Å². The molecule has 16 heavy (non-hydrogen) atoms. The summed E-state index contributed by atoms with van der Waals surface area (Å²) in [4.78, 5) is 9.25. The van der Waals surface area contributed by atoms with Gasteiger partial charge in [0.2, 0.25) is 0 Å². The minimum absolute atomic E-state index is 0.487. The summed E-state index contributed by atoms with van der Waals surface area (Å²) in [5.41, 5.74) is 2.44. The van der Waals surface area contributed by atoms with Crippen molar-refractivity contribution < 1.29 is 0 Å². The zero-order valence-corrected chi connectivity index (χ0v) is 10.5. The second kappa shape index (κ2) is 4.91. The van der Waals surface area contributed by atoms with Crippen molar-refractivity contribution in [3.8, 4) is 0 Å². The number of hydrogen-bond donors (Lipinski definition) is 1. The summed E-state index contributed by atoms with van der Waals surface area (Å²) in [6, 6.07) is 2.19. The van der Waals surface area contributed by atoms with E-state index >= 15 is 0 Å². The van der Waals surface area contributed by atoms with Gasteiger partial charge in [0, 0.05) is 17.3 Å². The average molecular weight is 219 g/mol. The van der Waals surface area contributed by atoms with Crippen molar-refractivity contribution in [3.63, 3.8) is 0 Å². The van der Waals surface area contributed by atoms with E-state index in [1.165, 1.54) is 24.2 Å². The van der Waals surface area contributed by atoms with Gasteiger partial charge in [-0.15, -0.1) is 0 Å². The van der Waals surface area contributed by atoms with Crippen molar-refractivity contribution >= 4 is 0 Å². The summed E-state index contributed by atoms with van der Waals surface area (Å²) in [5, 5.41) is 3.29. The summed E-state index contributed by atoms with van der Waals surface area (Å²) >= 11 is 0. The molecular formula is C13H21N3. The number of hydrogen-bond acceptors (Lipinski definition) is 3. The molecule has 0 bridgehead atoms. The first-order chi connectivity index (χ1) is 7.70. The molecule has 0 atom stereocenters. The quantitative estimate of drug-likeness (QED) is 0.827. The van der Waals surface area contributed by atoms with Crippen molar-refractivity contribution in [2.24, 2.45) is 0 Å². The molecule has 1 aliphatic rings. The van der Waals surface area contributed by atoms with Crippen LogP contribution in [0, 0.1) is 0 Å². The van der Waals surface area contributed by atoms with Crippen molar-refractivity contribution in [1.82, 2.24) is 15.3 Å². The third-order valence-corrected chi connectivity index (χ3v) is 2.93. The molecule has 1 aromatic heterocycles. The van der Waals surface area contributed by atoms with E-state index in [9.17, 15) is 0 Å². The SMILES string of the molecule is CCNCc1nc(C(C)C)cc(C2CC2)n1. The Kier molecular flexibility index (Phi) is 3.54. The van der Waals surface area contributed by atoms with Crippen LogP contribution in [0.15, 0.2) is 6.07 Å². The van der Waals surface area contributed by atoms with Gasteiger partial charge in [-0.25, -0.2) is 9.97 Å². The molecular weight excluding hydrogens is 198 g/mol. The van der Waals surface area contributed by atoms with Gasteiger partial charge < -0.3 is 5.32 Å². The Morgan fingerprint density at radius 1 is 1.38 bits per heavy atom. The van der Waals surface area contributed by atoms with Crippen LogP contribution in [0.4, 0.5) is 0 Å². The third-order valence-electron chi connectivity index (χ3n) is 2.93. The highest BCUT2D eigenvalue weighted by molar-refractivity contribution is 5.21. The molecule has 0 aliphatic heterocycles. The van der Waals surface area contributed by atoms with Gasteiger partial charge in [0.15, 0.2) is 0 Å². The van der Waals surface area contributed by atoms with Crippen LogP contribution in [0.5, 0.6) is 0 Å². The van der Waals surface area contributed by atoms with Crippen molar-refractivity contribution in [2.45, 2.75) is 52.0 Å². The lowest BCUT2D eigenvalue weighted by Crippen LogP contribution is -2.16. The summed E-state index contributed by atoms with van der Waals surface area (Å²) in [6.07, 6.45) is 2.60. The highest BCUT2D eigenvalue weighted by Crippen LogP contribution is 2.39. The van der Waals surface area contributed by atoms with E-state index in [4.69, 9.17) is 0 Å². The molecule has 0 amide bonds. The summed E-state index contributed by atoms with van der Waals surface area (Å²) in [5.74, 6) is 2.15. The predicted molar refractivity (Wildman–Crippen MR) is 65.5 cm³/mol. The zero-order valence-electron chi connectivity index (χ0n) is 10.5. The van der Waals surface area contributed by atoms with Crippen molar-refractivity contribution in [1.29, 1.82) is 0 Å². The van der Waals surface area contributed by atoms with Gasteiger partial charge in [-0.1, -0.05) is 20.8 Å². The molecule has 88 valence electrons. The minimum Gasteiger partial charge on any atom is -0.310 e. The zero-order chi connectivity index (χ0) is 11.5. The van der Waals surface area contributed by atoms with E-state index in [0.717, 1.165) is 18.9 Å². The summed E-state index contributed by atoms with van der Waals surface area (Å²) in [7, 11) is 0. The molecule has 1 N–H and O–H groups in total. The summed E-state index contributed by atoms with van der Waals surface area (Å²) in [6.45, 7) is 8.24. The molecule has 1 fully saturated rings. The van der Waals surface area contributed by atoms with E-state index in [2.05, 4.69) is 42.1 Å². The largest absolute Gasteiger partial charge is 0.310 e. The van der Waals surface area contributed by atoms with E-state index in [1.807, 2.05) is 0 Å². The molecule has 0 radical (unpaired) electrons. The lowest BCUT2D eigenvalue weighted by Gasteiger charge is -2.10. The topological polar surface area (TPSA) is 37.8 Å². The Labute approximate surface area is 97.7 Å².